The number of nitrogens with zero attached hydrogens (tertiary/aromatic N) is 1. The van der Waals surface area contributed by atoms with E-state index in [-0.39, 0.29) is 12.2 Å². The van der Waals surface area contributed by atoms with Crippen LogP contribution in [0.15, 0.2) is 0 Å². The van der Waals surface area contributed by atoms with Crippen molar-refractivity contribution in [3.8, 4) is 0 Å². The topological polar surface area (TPSA) is 50.8 Å². The van der Waals surface area contributed by atoms with Gasteiger partial charge in [0.1, 0.15) is 6.10 Å². The predicted octanol–water partition coefficient (Wildman–Crippen LogP) is 1.91. The number of piperidine rings is 2. The molecule has 3 rings (SSSR count). The highest BCUT2D eigenvalue weighted by molar-refractivity contribution is 5.69. The van der Waals surface area contributed by atoms with Crippen molar-refractivity contribution in [3.63, 3.8) is 0 Å². The Hall–Kier alpha value is -0.810. The van der Waals surface area contributed by atoms with Gasteiger partial charge in [-0.3, -0.25) is 0 Å². The fourth-order valence-corrected chi connectivity index (χ4v) is 3.91. The van der Waals surface area contributed by atoms with Gasteiger partial charge in [0.15, 0.2) is 0 Å². The summed E-state index contributed by atoms with van der Waals surface area (Å²) in [5, 5.41) is 3.38. The van der Waals surface area contributed by atoms with E-state index in [9.17, 15) is 4.79 Å². The number of carbonyl (C=O) groups excluding carboxylic acids is 1. The molecule has 1 amide bonds. The predicted molar refractivity (Wildman–Crippen MR) is 75.7 cm³/mol. The lowest BCUT2D eigenvalue weighted by molar-refractivity contribution is -0.0353. The summed E-state index contributed by atoms with van der Waals surface area (Å²) in [6, 6.07) is 1.29. The van der Waals surface area contributed by atoms with Crippen LogP contribution in [-0.4, -0.2) is 55.5 Å². The summed E-state index contributed by atoms with van der Waals surface area (Å²) in [5.41, 5.74) is 0. The van der Waals surface area contributed by atoms with Gasteiger partial charge in [0.05, 0.1) is 13.2 Å². The van der Waals surface area contributed by atoms with Crippen molar-refractivity contribution in [2.75, 3.05) is 20.3 Å². The molecule has 0 saturated carbocycles. The Morgan fingerprint density at radius 2 is 1.80 bits per heavy atom. The van der Waals surface area contributed by atoms with E-state index < -0.39 is 0 Å². The molecule has 114 valence electrons. The van der Waals surface area contributed by atoms with E-state index in [1.54, 1.807) is 0 Å². The molecule has 0 aromatic rings. The number of hydrogen-bond donors (Lipinski definition) is 1. The van der Waals surface area contributed by atoms with Crippen LogP contribution in [0.1, 0.15) is 44.9 Å². The third-order valence-corrected chi connectivity index (χ3v) is 5.03. The Morgan fingerprint density at radius 3 is 2.40 bits per heavy atom. The fraction of sp³-hybridized carbons (Fsp3) is 0.933. The van der Waals surface area contributed by atoms with Crippen LogP contribution in [0.25, 0.3) is 0 Å². The van der Waals surface area contributed by atoms with E-state index in [1.165, 1.54) is 6.42 Å². The minimum atomic E-state index is -0.0823. The maximum absolute atomic E-state index is 12.5. The molecule has 3 aliphatic heterocycles. The molecule has 20 heavy (non-hydrogen) atoms. The van der Waals surface area contributed by atoms with Crippen LogP contribution in [0, 0.1) is 0 Å². The second kappa shape index (κ2) is 6.31. The Kier molecular flexibility index (Phi) is 4.46. The highest BCUT2D eigenvalue weighted by Gasteiger charge is 2.41. The monoisotopic (exact) mass is 282 g/mol. The molecule has 5 nitrogen and oxygen atoms in total. The van der Waals surface area contributed by atoms with Gasteiger partial charge in [0, 0.05) is 31.0 Å². The van der Waals surface area contributed by atoms with Gasteiger partial charge in [-0.25, -0.2) is 4.79 Å². The van der Waals surface area contributed by atoms with Crippen LogP contribution >= 0.6 is 0 Å². The third kappa shape index (κ3) is 2.93. The number of amides is 1. The smallest absolute Gasteiger partial charge is 0.410 e. The molecule has 3 aliphatic rings. The van der Waals surface area contributed by atoms with Crippen molar-refractivity contribution >= 4 is 6.09 Å². The van der Waals surface area contributed by atoms with Gasteiger partial charge in [0.2, 0.25) is 0 Å². The van der Waals surface area contributed by atoms with Gasteiger partial charge in [-0.1, -0.05) is 0 Å². The van der Waals surface area contributed by atoms with E-state index in [1.807, 2.05) is 11.9 Å². The summed E-state index contributed by atoms with van der Waals surface area (Å²) in [5.74, 6) is 0. The quantitative estimate of drug-likeness (QED) is 0.840. The SMILES string of the molecule is CN[C@@H]1C[C@H]2CCC[C@@H](C1)N2C(=O)OC1CCOCC1. The number of carbonyl (C=O) groups is 1. The van der Waals surface area contributed by atoms with Crippen molar-refractivity contribution < 1.29 is 14.3 Å². The second-order valence-corrected chi connectivity index (χ2v) is 6.30. The normalized spacial score (nSPS) is 34.9. The average molecular weight is 282 g/mol. The molecular formula is C15H26N2O3. The van der Waals surface area contributed by atoms with Crippen molar-refractivity contribution in [2.45, 2.75) is 69.2 Å². The van der Waals surface area contributed by atoms with Crippen molar-refractivity contribution in [1.29, 1.82) is 0 Å². The summed E-state index contributed by atoms with van der Waals surface area (Å²) in [7, 11) is 2.02. The van der Waals surface area contributed by atoms with Crippen LogP contribution in [0.5, 0.6) is 0 Å². The molecule has 5 heteroatoms. The Morgan fingerprint density at radius 1 is 1.15 bits per heavy atom. The average Bonchev–Trinajstić information content (AvgIpc) is 2.46. The minimum Gasteiger partial charge on any atom is -0.446 e. The van der Waals surface area contributed by atoms with Gasteiger partial charge < -0.3 is 19.7 Å². The lowest BCUT2D eigenvalue weighted by Crippen LogP contribution is -2.58. The molecule has 3 atom stereocenters. The van der Waals surface area contributed by atoms with Gasteiger partial charge >= 0.3 is 6.09 Å². The summed E-state index contributed by atoms with van der Waals surface area (Å²) in [4.78, 5) is 14.6. The molecular weight excluding hydrogens is 256 g/mol. The molecule has 0 radical (unpaired) electrons. The second-order valence-electron chi connectivity index (χ2n) is 6.30. The lowest BCUT2D eigenvalue weighted by atomic mass is 9.82. The van der Waals surface area contributed by atoms with Gasteiger partial charge in [-0.15, -0.1) is 0 Å². The Balaban J connectivity index is 1.61. The highest BCUT2D eigenvalue weighted by Crippen LogP contribution is 2.34. The zero-order valence-corrected chi connectivity index (χ0v) is 12.3. The zero-order chi connectivity index (χ0) is 13.9. The van der Waals surface area contributed by atoms with Crippen molar-refractivity contribution in [2.24, 2.45) is 0 Å². The van der Waals surface area contributed by atoms with Gasteiger partial charge in [0.25, 0.3) is 0 Å². The van der Waals surface area contributed by atoms with Gasteiger partial charge in [-0.2, -0.15) is 0 Å². The minimum absolute atomic E-state index is 0.0546. The zero-order valence-electron chi connectivity index (χ0n) is 12.3. The van der Waals surface area contributed by atoms with Crippen LogP contribution in [0.3, 0.4) is 0 Å². The summed E-state index contributed by atoms with van der Waals surface area (Å²) in [6.07, 6.45) is 7.27. The van der Waals surface area contributed by atoms with Crippen LogP contribution in [-0.2, 0) is 9.47 Å². The summed E-state index contributed by atoms with van der Waals surface area (Å²) in [6.45, 7) is 1.43. The molecule has 3 saturated heterocycles. The maximum atomic E-state index is 12.5. The molecule has 0 aromatic heterocycles. The van der Waals surface area contributed by atoms with E-state index in [0.717, 1.165) is 38.5 Å². The van der Waals surface area contributed by atoms with Crippen molar-refractivity contribution in [3.05, 3.63) is 0 Å². The van der Waals surface area contributed by atoms with E-state index in [0.29, 0.717) is 31.3 Å². The number of ether oxygens (including phenoxy) is 2. The molecule has 0 unspecified atom stereocenters. The first-order valence-electron chi connectivity index (χ1n) is 8.02. The van der Waals surface area contributed by atoms with Crippen LogP contribution in [0.4, 0.5) is 4.79 Å². The molecule has 3 fully saturated rings. The Bertz CT molecular complexity index is 330. The first-order valence-corrected chi connectivity index (χ1v) is 8.02. The number of rotatable bonds is 2. The first kappa shape index (κ1) is 14.1. The molecule has 3 heterocycles. The lowest BCUT2D eigenvalue weighted by Gasteiger charge is -2.48. The maximum Gasteiger partial charge on any atom is 0.410 e. The number of nitrogens with one attached hydrogen (secondary N) is 1. The Labute approximate surface area is 121 Å². The molecule has 1 N–H and O–H groups in total. The fourth-order valence-electron chi connectivity index (χ4n) is 3.91. The number of fused-ring (bicyclic) bond motifs is 2. The third-order valence-electron chi connectivity index (χ3n) is 5.03. The summed E-state index contributed by atoms with van der Waals surface area (Å²) < 4.78 is 11.0. The number of hydrogen-bond acceptors (Lipinski definition) is 4. The van der Waals surface area contributed by atoms with Gasteiger partial charge in [-0.05, 0) is 39.2 Å². The molecule has 0 aromatic carbocycles. The van der Waals surface area contributed by atoms with Crippen molar-refractivity contribution in [1.82, 2.24) is 10.2 Å². The van der Waals surface area contributed by atoms with Crippen LogP contribution in [0.2, 0.25) is 0 Å². The molecule has 0 spiro atoms. The largest absolute Gasteiger partial charge is 0.446 e. The van der Waals surface area contributed by atoms with E-state index in [4.69, 9.17) is 9.47 Å². The van der Waals surface area contributed by atoms with E-state index >= 15 is 0 Å². The first-order chi connectivity index (χ1) is 9.78. The molecule has 2 bridgehead atoms. The summed E-state index contributed by atoms with van der Waals surface area (Å²) >= 11 is 0. The molecule has 0 aliphatic carbocycles. The van der Waals surface area contributed by atoms with E-state index in [2.05, 4.69) is 5.32 Å². The standard InChI is InChI=1S/C15H26N2O3/c1-16-11-9-12-3-2-4-13(10-11)17(12)15(18)20-14-5-7-19-8-6-14/h11-14,16H,2-10H2,1H3/t11-,12-,13+. The van der Waals surface area contributed by atoms with Crippen LogP contribution < -0.4 is 5.32 Å². The highest BCUT2D eigenvalue weighted by atomic mass is 16.6.